The average Bonchev–Trinajstić information content (AvgIpc) is 3.40. The van der Waals surface area contributed by atoms with Crippen LogP contribution >= 0.6 is 15.9 Å². The zero-order valence-corrected chi connectivity index (χ0v) is 18.8. The number of halogens is 1. The number of imidazole rings is 1. The first-order valence-electron chi connectivity index (χ1n) is 9.86. The number of aromatic nitrogens is 2. The lowest BCUT2D eigenvalue weighted by atomic mass is 10.0. The van der Waals surface area contributed by atoms with Crippen molar-refractivity contribution >= 4 is 27.9 Å². The molecule has 0 bridgehead atoms. The molecule has 1 saturated heterocycles. The zero-order valence-electron chi connectivity index (χ0n) is 17.2. The summed E-state index contributed by atoms with van der Waals surface area (Å²) >= 11 is 3.41. The number of methoxy groups -OCH3 is 1. The second-order valence-electron chi connectivity index (χ2n) is 7.49. The quantitative estimate of drug-likeness (QED) is 0.665. The van der Waals surface area contributed by atoms with Gasteiger partial charge in [-0.1, -0.05) is 35.7 Å². The first-order chi connectivity index (χ1) is 14.4. The van der Waals surface area contributed by atoms with Crippen molar-refractivity contribution in [3.05, 3.63) is 52.0 Å². The van der Waals surface area contributed by atoms with E-state index in [0.717, 1.165) is 22.9 Å². The normalized spacial score (nSPS) is 16.7. The Bertz CT molecular complexity index is 959. The number of carbonyl (C=O) groups excluding carboxylic acids is 2. The number of benzene rings is 1. The lowest BCUT2D eigenvalue weighted by Gasteiger charge is -2.29. The largest absolute Gasteiger partial charge is 0.453 e. The molecule has 2 aromatic rings. The lowest BCUT2D eigenvalue weighted by molar-refractivity contribution is -0.135. The Morgan fingerprint density at radius 2 is 2.03 bits per heavy atom. The number of likely N-dealkylation sites (tertiary alicyclic amines) is 1. The Morgan fingerprint density at radius 3 is 2.70 bits per heavy atom. The van der Waals surface area contributed by atoms with Crippen LogP contribution in [-0.2, 0) is 9.53 Å². The highest BCUT2D eigenvalue weighted by atomic mass is 79.9. The van der Waals surface area contributed by atoms with Crippen molar-refractivity contribution in [2.45, 2.75) is 38.8 Å². The molecule has 2 N–H and O–H groups in total. The average molecular weight is 473 g/mol. The Morgan fingerprint density at radius 1 is 1.30 bits per heavy atom. The van der Waals surface area contributed by atoms with Gasteiger partial charge in [-0.25, -0.2) is 9.78 Å². The number of ether oxygens (including phenoxy) is 1. The maximum absolute atomic E-state index is 13.1. The molecule has 3 rings (SSSR count). The first kappa shape index (κ1) is 21.9. The highest BCUT2D eigenvalue weighted by molar-refractivity contribution is 9.10. The fourth-order valence-electron chi connectivity index (χ4n) is 3.44. The molecule has 2 heterocycles. The number of hydrogen-bond donors (Lipinski definition) is 2. The summed E-state index contributed by atoms with van der Waals surface area (Å²) in [4.78, 5) is 34.3. The molecular formula is C22H25BrN4O3. The van der Waals surface area contributed by atoms with Crippen molar-refractivity contribution in [1.82, 2.24) is 20.2 Å². The van der Waals surface area contributed by atoms with Gasteiger partial charge in [-0.15, -0.1) is 0 Å². The van der Waals surface area contributed by atoms with E-state index >= 15 is 0 Å². The van der Waals surface area contributed by atoms with Gasteiger partial charge in [-0.2, -0.15) is 0 Å². The molecule has 2 atom stereocenters. The Kier molecular flexibility index (Phi) is 7.16. The fourth-order valence-corrected chi connectivity index (χ4v) is 3.70. The summed E-state index contributed by atoms with van der Waals surface area (Å²) in [5.41, 5.74) is 1.60. The van der Waals surface area contributed by atoms with Gasteiger partial charge in [0.05, 0.1) is 19.3 Å². The highest BCUT2D eigenvalue weighted by Crippen LogP contribution is 2.31. The number of carbonyl (C=O) groups is 2. The number of H-pyrrole nitrogens is 1. The highest BCUT2D eigenvalue weighted by Gasteiger charge is 2.37. The number of amides is 2. The second-order valence-corrected chi connectivity index (χ2v) is 8.40. The summed E-state index contributed by atoms with van der Waals surface area (Å²) in [6.07, 6.45) is 2.76. The van der Waals surface area contributed by atoms with Crippen LogP contribution in [0.2, 0.25) is 0 Å². The smallest absolute Gasteiger partial charge is 0.407 e. The van der Waals surface area contributed by atoms with E-state index in [1.165, 1.54) is 7.11 Å². The molecule has 1 fully saturated rings. The van der Waals surface area contributed by atoms with E-state index in [2.05, 4.69) is 47.8 Å². The van der Waals surface area contributed by atoms with Crippen molar-refractivity contribution in [3.8, 4) is 11.8 Å². The van der Waals surface area contributed by atoms with E-state index in [9.17, 15) is 9.59 Å². The molecule has 2 amide bonds. The van der Waals surface area contributed by atoms with Crippen molar-refractivity contribution in [2.75, 3.05) is 13.7 Å². The monoisotopic (exact) mass is 472 g/mol. The van der Waals surface area contributed by atoms with Crippen molar-refractivity contribution < 1.29 is 14.3 Å². The SMILES string of the molecule is COC(=O)N[C@H](C(=O)N1CCC[C@H]1c1ncc(C#Cc2ccc(Br)cc2)[nH]1)C(C)C. The molecular weight excluding hydrogens is 448 g/mol. The summed E-state index contributed by atoms with van der Waals surface area (Å²) in [6.45, 7) is 4.41. The summed E-state index contributed by atoms with van der Waals surface area (Å²) < 4.78 is 5.68. The molecule has 30 heavy (non-hydrogen) atoms. The van der Waals surface area contributed by atoms with E-state index in [4.69, 9.17) is 0 Å². The topological polar surface area (TPSA) is 87.3 Å². The summed E-state index contributed by atoms with van der Waals surface area (Å²) in [5.74, 6) is 6.70. The van der Waals surface area contributed by atoms with Crippen LogP contribution in [0, 0.1) is 17.8 Å². The Balaban J connectivity index is 1.75. The van der Waals surface area contributed by atoms with Gasteiger partial charge in [0.15, 0.2) is 0 Å². The number of rotatable bonds is 4. The van der Waals surface area contributed by atoms with Crippen molar-refractivity contribution in [2.24, 2.45) is 5.92 Å². The summed E-state index contributed by atoms with van der Waals surface area (Å²) in [5, 5.41) is 2.65. The number of alkyl carbamates (subject to hydrolysis) is 1. The van der Waals surface area contributed by atoms with Gasteiger partial charge in [0.25, 0.3) is 0 Å². The van der Waals surface area contributed by atoms with Gasteiger partial charge in [0.1, 0.15) is 17.6 Å². The molecule has 1 aliphatic heterocycles. The molecule has 0 unspecified atom stereocenters. The minimum absolute atomic E-state index is 0.0678. The summed E-state index contributed by atoms with van der Waals surface area (Å²) in [6, 6.07) is 6.94. The zero-order chi connectivity index (χ0) is 21.7. The van der Waals surface area contributed by atoms with Gasteiger partial charge in [0, 0.05) is 16.6 Å². The Hall–Kier alpha value is -2.79. The van der Waals surface area contributed by atoms with Crippen LogP contribution in [0.4, 0.5) is 4.79 Å². The van der Waals surface area contributed by atoms with Crippen LogP contribution in [0.1, 0.15) is 49.8 Å². The number of hydrogen-bond acceptors (Lipinski definition) is 4. The number of aromatic amines is 1. The molecule has 8 heteroatoms. The van der Waals surface area contributed by atoms with Gasteiger partial charge in [0.2, 0.25) is 5.91 Å². The predicted molar refractivity (Wildman–Crippen MR) is 117 cm³/mol. The summed E-state index contributed by atoms with van der Waals surface area (Å²) in [7, 11) is 1.29. The van der Waals surface area contributed by atoms with E-state index < -0.39 is 12.1 Å². The van der Waals surface area contributed by atoms with Crippen LogP contribution in [0.15, 0.2) is 34.9 Å². The van der Waals surface area contributed by atoms with Crippen LogP contribution < -0.4 is 5.32 Å². The van der Waals surface area contributed by atoms with Crippen LogP contribution in [0.5, 0.6) is 0 Å². The van der Waals surface area contributed by atoms with E-state index in [0.29, 0.717) is 18.1 Å². The second kappa shape index (κ2) is 9.81. The third kappa shape index (κ3) is 5.22. The van der Waals surface area contributed by atoms with E-state index in [1.807, 2.05) is 38.1 Å². The van der Waals surface area contributed by atoms with Crippen LogP contribution in [0.25, 0.3) is 0 Å². The maximum atomic E-state index is 13.1. The minimum Gasteiger partial charge on any atom is -0.453 e. The molecule has 158 valence electrons. The molecule has 1 aliphatic rings. The first-order valence-corrected chi connectivity index (χ1v) is 10.7. The molecule has 7 nitrogen and oxygen atoms in total. The van der Waals surface area contributed by atoms with Crippen LogP contribution in [-0.4, -0.2) is 46.6 Å². The molecule has 0 radical (unpaired) electrons. The minimum atomic E-state index is -0.648. The predicted octanol–water partition coefficient (Wildman–Crippen LogP) is 3.62. The molecule has 0 spiro atoms. The standard InChI is InChI=1S/C22H25BrN4O3/c1-14(2)19(26-22(29)30-3)21(28)27-12-4-5-18(27)20-24-13-17(25-20)11-8-15-6-9-16(23)10-7-15/h6-7,9-10,13-14,18-19H,4-5,12H2,1-3H3,(H,24,25)(H,26,29)/t18-,19-/m0/s1. The van der Waals surface area contributed by atoms with E-state index in [1.54, 1.807) is 11.1 Å². The van der Waals surface area contributed by atoms with Crippen LogP contribution in [0.3, 0.4) is 0 Å². The Labute approximate surface area is 184 Å². The number of nitrogens with zero attached hydrogens (tertiary/aromatic N) is 2. The number of nitrogens with one attached hydrogen (secondary N) is 2. The van der Waals surface area contributed by atoms with E-state index in [-0.39, 0.29) is 17.9 Å². The van der Waals surface area contributed by atoms with Gasteiger partial charge in [-0.3, -0.25) is 4.79 Å². The molecule has 0 aliphatic carbocycles. The third-order valence-electron chi connectivity index (χ3n) is 5.02. The molecule has 1 aromatic carbocycles. The molecule has 0 saturated carbocycles. The maximum Gasteiger partial charge on any atom is 0.407 e. The lowest BCUT2D eigenvalue weighted by Crippen LogP contribution is -2.51. The fraction of sp³-hybridized carbons (Fsp3) is 0.409. The van der Waals surface area contributed by atoms with Gasteiger partial charge in [-0.05, 0) is 48.9 Å². The van der Waals surface area contributed by atoms with Crippen molar-refractivity contribution in [3.63, 3.8) is 0 Å². The van der Waals surface area contributed by atoms with Gasteiger partial charge < -0.3 is 19.9 Å². The third-order valence-corrected chi connectivity index (χ3v) is 5.55. The molecule has 1 aromatic heterocycles. The van der Waals surface area contributed by atoms with Gasteiger partial charge >= 0.3 is 6.09 Å². The van der Waals surface area contributed by atoms with Crippen molar-refractivity contribution in [1.29, 1.82) is 0 Å².